The van der Waals surface area contributed by atoms with Gasteiger partial charge in [-0.3, -0.25) is 0 Å². The zero-order valence-corrected chi connectivity index (χ0v) is 15.2. The van der Waals surface area contributed by atoms with Crippen LogP contribution in [-0.2, 0) is 16.2 Å². The summed E-state index contributed by atoms with van der Waals surface area (Å²) in [6.45, 7) is 0. The van der Waals surface area contributed by atoms with E-state index >= 15 is 0 Å². The van der Waals surface area contributed by atoms with E-state index in [1.165, 1.54) is 30.3 Å². The van der Waals surface area contributed by atoms with Crippen molar-refractivity contribution in [1.82, 2.24) is 0 Å². The largest absolute Gasteiger partial charge is 0.416 e. The van der Waals surface area contributed by atoms with Crippen LogP contribution in [0.15, 0.2) is 71.6 Å². The van der Waals surface area contributed by atoms with Gasteiger partial charge in [-0.25, -0.2) is 13.6 Å². The number of benzene rings is 3. The van der Waals surface area contributed by atoms with Gasteiger partial charge in [0.05, 0.1) is 10.5 Å². The second kappa shape index (κ2) is 6.99. The minimum atomic E-state index is -4.50. The van der Waals surface area contributed by atoms with Crippen LogP contribution in [0.25, 0.3) is 22.3 Å². The molecule has 0 atom stereocenters. The van der Waals surface area contributed by atoms with Crippen LogP contribution >= 0.6 is 11.6 Å². The smallest absolute Gasteiger partial charge is 0.225 e. The molecule has 0 radical (unpaired) electrons. The predicted octanol–water partition coefficient (Wildman–Crippen LogP) is 5.34. The maximum absolute atomic E-state index is 13.2. The van der Waals surface area contributed by atoms with Crippen molar-refractivity contribution in [2.24, 2.45) is 5.14 Å². The zero-order valence-electron chi connectivity index (χ0n) is 13.7. The van der Waals surface area contributed by atoms with Crippen molar-refractivity contribution < 1.29 is 21.6 Å². The van der Waals surface area contributed by atoms with Crippen molar-refractivity contribution in [3.63, 3.8) is 0 Å². The number of nitrogens with two attached hydrogens (primary N) is 1. The Morgan fingerprint density at radius 1 is 0.815 bits per heavy atom. The Balaban J connectivity index is 2.20. The molecular weight excluding hydrogens is 399 g/mol. The van der Waals surface area contributed by atoms with E-state index in [1.807, 2.05) is 0 Å². The number of hydrogen-bond acceptors (Lipinski definition) is 2. The quantitative estimate of drug-likeness (QED) is 0.632. The lowest BCUT2D eigenvalue weighted by Gasteiger charge is -2.15. The van der Waals surface area contributed by atoms with Gasteiger partial charge in [0, 0.05) is 5.02 Å². The molecule has 0 saturated heterocycles. The maximum atomic E-state index is 13.2. The van der Waals surface area contributed by atoms with Crippen molar-refractivity contribution in [1.29, 1.82) is 0 Å². The molecule has 0 aliphatic heterocycles. The molecule has 0 aliphatic rings. The molecule has 0 spiro atoms. The van der Waals surface area contributed by atoms with Crippen LogP contribution in [-0.4, -0.2) is 8.42 Å². The van der Waals surface area contributed by atoms with Gasteiger partial charge in [-0.15, -0.1) is 0 Å². The molecule has 27 heavy (non-hydrogen) atoms. The van der Waals surface area contributed by atoms with E-state index < -0.39 is 21.8 Å². The molecule has 3 aromatic carbocycles. The first-order valence-corrected chi connectivity index (χ1v) is 9.58. The van der Waals surface area contributed by atoms with Crippen LogP contribution in [0, 0.1) is 0 Å². The minimum Gasteiger partial charge on any atom is -0.225 e. The van der Waals surface area contributed by atoms with Crippen molar-refractivity contribution in [2.45, 2.75) is 11.1 Å². The van der Waals surface area contributed by atoms with Gasteiger partial charge in [-0.1, -0.05) is 41.9 Å². The van der Waals surface area contributed by atoms with E-state index in [1.54, 1.807) is 24.3 Å². The number of halogens is 4. The van der Waals surface area contributed by atoms with Crippen LogP contribution in [0.5, 0.6) is 0 Å². The summed E-state index contributed by atoms with van der Waals surface area (Å²) in [7, 11) is -3.86. The molecule has 0 aliphatic carbocycles. The maximum Gasteiger partial charge on any atom is 0.416 e. The first-order valence-electron chi connectivity index (χ1n) is 7.66. The van der Waals surface area contributed by atoms with Crippen LogP contribution in [0.1, 0.15) is 5.56 Å². The predicted molar refractivity (Wildman–Crippen MR) is 98.7 cm³/mol. The molecule has 3 aromatic rings. The molecule has 3 rings (SSSR count). The first-order chi connectivity index (χ1) is 12.6. The molecule has 0 saturated carbocycles. The van der Waals surface area contributed by atoms with Crippen LogP contribution < -0.4 is 5.14 Å². The summed E-state index contributed by atoms with van der Waals surface area (Å²) in [5, 5.41) is 5.47. The van der Waals surface area contributed by atoms with E-state index in [2.05, 4.69) is 0 Å². The summed E-state index contributed by atoms with van der Waals surface area (Å²) in [4.78, 5) is -0.0810. The summed E-state index contributed by atoms with van der Waals surface area (Å²) in [6.07, 6.45) is -4.50. The van der Waals surface area contributed by atoms with Gasteiger partial charge in [0.25, 0.3) is 0 Å². The highest BCUT2D eigenvalue weighted by Gasteiger charge is 2.31. The Hall–Kier alpha value is -2.35. The topological polar surface area (TPSA) is 60.2 Å². The fraction of sp³-hybridized carbons (Fsp3) is 0.0526. The number of hydrogen-bond donors (Lipinski definition) is 1. The van der Waals surface area contributed by atoms with Gasteiger partial charge < -0.3 is 0 Å². The van der Waals surface area contributed by atoms with Gasteiger partial charge in [0.2, 0.25) is 10.0 Å². The van der Waals surface area contributed by atoms with Gasteiger partial charge in [-0.05, 0) is 58.7 Å². The van der Waals surface area contributed by atoms with Gasteiger partial charge >= 0.3 is 6.18 Å². The van der Waals surface area contributed by atoms with Crippen molar-refractivity contribution in [3.8, 4) is 22.3 Å². The third kappa shape index (κ3) is 4.32. The Bertz CT molecular complexity index is 1090. The van der Waals surface area contributed by atoms with Crippen LogP contribution in [0.3, 0.4) is 0 Å². The fourth-order valence-corrected chi connectivity index (χ4v) is 3.40. The number of alkyl halides is 3. The van der Waals surface area contributed by atoms with E-state index in [-0.39, 0.29) is 4.90 Å². The third-order valence-electron chi connectivity index (χ3n) is 3.98. The number of primary sulfonamides is 1. The lowest BCUT2D eigenvalue weighted by molar-refractivity contribution is -0.137. The van der Waals surface area contributed by atoms with E-state index in [0.29, 0.717) is 27.3 Å². The van der Waals surface area contributed by atoms with Crippen LogP contribution in [0.2, 0.25) is 5.02 Å². The highest BCUT2D eigenvalue weighted by molar-refractivity contribution is 7.89. The summed E-state index contributed by atoms with van der Waals surface area (Å²) < 4.78 is 62.3. The van der Waals surface area contributed by atoms with E-state index in [4.69, 9.17) is 16.7 Å². The SMILES string of the molecule is NS(=O)(=O)c1ccc(-c2ccc(C(F)(F)F)cc2-c2cccc(Cl)c2)cc1. The van der Waals surface area contributed by atoms with Crippen molar-refractivity contribution in [3.05, 3.63) is 77.3 Å². The second-order valence-corrected chi connectivity index (χ2v) is 7.84. The van der Waals surface area contributed by atoms with Crippen molar-refractivity contribution in [2.75, 3.05) is 0 Å². The highest BCUT2D eigenvalue weighted by atomic mass is 35.5. The van der Waals surface area contributed by atoms with Gasteiger partial charge in [0.1, 0.15) is 0 Å². The Labute approximate surface area is 159 Å². The summed E-state index contributed by atoms with van der Waals surface area (Å²) >= 11 is 5.99. The molecule has 0 aromatic heterocycles. The molecule has 8 heteroatoms. The lowest BCUT2D eigenvalue weighted by Crippen LogP contribution is -2.11. The molecule has 0 fully saturated rings. The van der Waals surface area contributed by atoms with E-state index in [9.17, 15) is 21.6 Å². The molecule has 0 bridgehead atoms. The minimum absolute atomic E-state index is 0.0810. The van der Waals surface area contributed by atoms with E-state index in [0.717, 1.165) is 12.1 Å². The second-order valence-electron chi connectivity index (χ2n) is 5.84. The normalized spacial score (nSPS) is 12.2. The molecule has 3 nitrogen and oxygen atoms in total. The molecule has 2 N–H and O–H groups in total. The molecule has 140 valence electrons. The highest BCUT2D eigenvalue weighted by Crippen LogP contribution is 2.38. The fourth-order valence-electron chi connectivity index (χ4n) is 2.69. The summed E-state index contributed by atoms with van der Waals surface area (Å²) in [6, 6.07) is 15.5. The zero-order chi connectivity index (χ0) is 19.8. The molecule has 0 heterocycles. The van der Waals surface area contributed by atoms with Crippen molar-refractivity contribution >= 4 is 21.6 Å². The lowest BCUT2D eigenvalue weighted by atomic mass is 9.92. The Kier molecular flexibility index (Phi) is 5.03. The van der Waals surface area contributed by atoms with Gasteiger partial charge in [0.15, 0.2) is 0 Å². The molecule has 0 amide bonds. The van der Waals surface area contributed by atoms with Crippen LogP contribution in [0.4, 0.5) is 13.2 Å². The number of sulfonamides is 1. The molecule has 0 unspecified atom stereocenters. The number of rotatable bonds is 3. The molecular formula is C19H13ClF3NO2S. The Morgan fingerprint density at radius 2 is 1.48 bits per heavy atom. The standard InChI is InChI=1S/C19H13ClF3NO2S/c20-15-3-1-2-13(10-15)18-11-14(19(21,22)23)6-9-17(18)12-4-7-16(8-5-12)27(24,25)26/h1-11H,(H2,24,25,26). The third-order valence-corrected chi connectivity index (χ3v) is 5.14. The first kappa shape index (κ1) is 19.4. The summed E-state index contributed by atoms with van der Waals surface area (Å²) in [5.41, 5.74) is 1.11. The summed E-state index contributed by atoms with van der Waals surface area (Å²) in [5.74, 6) is 0. The Morgan fingerprint density at radius 3 is 2.04 bits per heavy atom. The average molecular weight is 412 g/mol. The van der Waals surface area contributed by atoms with Gasteiger partial charge in [-0.2, -0.15) is 13.2 Å². The monoisotopic (exact) mass is 411 g/mol. The average Bonchev–Trinajstić information content (AvgIpc) is 2.60.